The van der Waals surface area contributed by atoms with Crippen LogP contribution in [0, 0.1) is 0 Å². The Morgan fingerprint density at radius 1 is 1.12 bits per heavy atom. The lowest BCUT2D eigenvalue weighted by Crippen LogP contribution is -2.49. The highest BCUT2D eigenvalue weighted by Crippen LogP contribution is 2.20. The van der Waals surface area contributed by atoms with E-state index in [9.17, 15) is 14.4 Å². The third-order valence-electron chi connectivity index (χ3n) is 1.78. The van der Waals surface area contributed by atoms with Crippen molar-refractivity contribution in [3.63, 3.8) is 0 Å². The van der Waals surface area contributed by atoms with Crippen molar-refractivity contribution < 1.29 is 34.5 Å². The van der Waals surface area contributed by atoms with E-state index >= 15 is 0 Å². The van der Waals surface area contributed by atoms with Gasteiger partial charge in [-0.15, -0.1) is 0 Å². The molecule has 0 aromatic heterocycles. The molecule has 0 aliphatic rings. The smallest absolute Gasteiger partial charge is 0.339 e. The number of nitrogens with two attached hydrogens (primary N) is 1. The summed E-state index contributed by atoms with van der Waals surface area (Å²) >= 11 is 0. The second kappa shape index (κ2) is 6.78. The molecule has 0 rings (SSSR count). The molecular weight excluding hydrogens is 236 g/mol. The zero-order chi connectivity index (χ0) is 13.5. The first-order valence-electron chi connectivity index (χ1n) is 4.62. The van der Waals surface area contributed by atoms with Crippen LogP contribution in [0.3, 0.4) is 0 Å². The molecule has 0 aliphatic heterocycles. The van der Waals surface area contributed by atoms with Crippen molar-refractivity contribution in [3.05, 3.63) is 0 Å². The molecule has 0 atom stereocenters. The minimum atomic E-state index is -2.35. The summed E-state index contributed by atoms with van der Waals surface area (Å²) in [5.74, 6) is -4.64. The van der Waals surface area contributed by atoms with Crippen molar-refractivity contribution in [1.29, 1.82) is 0 Å². The summed E-state index contributed by atoms with van der Waals surface area (Å²) in [4.78, 5) is 36.7. The Labute approximate surface area is 96.1 Å². The first kappa shape index (κ1) is 15.3. The van der Waals surface area contributed by atoms with E-state index in [0.717, 1.165) is 0 Å². The summed E-state index contributed by atoms with van der Waals surface area (Å²) in [5, 5.41) is 26.1. The summed E-state index contributed by atoms with van der Waals surface area (Å²) in [5.41, 5.74) is 4.90. The van der Waals surface area contributed by atoms with Crippen molar-refractivity contribution in [2.24, 2.45) is 5.73 Å². The molecule has 0 aliphatic carbocycles. The van der Waals surface area contributed by atoms with Gasteiger partial charge < -0.3 is 21.1 Å². The first-order chi connectivity index (χ1) is 7.84. The molecule has 0 aromatic carbocycles. The molecule has 0 heterocycles. The molecule has 0 radical (unpaired) electrons. The Kier molecular flexibility index (Phi) is 6.10. The summed E-state index contributed by atoms with van der Waals surface area (Å²) in [7, 11) is 0. The van der Waals surface area contributed by atoms with Crippen LogP contribution >= 0.6 is 0 Å². The van der Waals surface area contributed by atoms with Crippen LogP contribution in [0.1, 0.15) is 12.8 Å². The molecule has 0 saturated heterocycles. The average molecular weight is 250 g/mol. The number of rotatable bonds is 9. The second-order valence-electron chi connectivity index (χ2n) is 3.23. The Hall–Kier alpha value is -1.71. The lowest BCUT2D eigenvalue weighted by Gasteiger charge is -2.25. The number of hydrogen-bond acceptors (Lipinski definition) is 6. The van der Waals surface area contributed by atoms with Gasteiger partial charge in [-0.1, -0.05) is 0 Å². The SMILES string of the molecule is NCCNOC(CC(=O)O)(CC(=O)O)C(=O)O. The molecule has 0 fully saturated rings. The van der Waals surface area contributed by atoms with Crippen molar-refractivity contribution in [2.75, 3.05) is 13.1 Å². The minimum absolute atomic E-state index is 0.0638. The first-order valence-corrected chi connectivity index (χ1v) is 4.62. The van der Waals surface area contributed by atoms with Gasteiger partial charge in [0.25, 0.3) is 0 Å². The van der Waals surface area contributed by atoms with E-state index in [1.54, 1.807) is 0 Å². The number of carboxylic acid groups (broad SMARTS) is 3. The van der Waals surface area contributed by atoms with Gasteiger partial charge in [-0.05, 0) is 0 Å². The fraction of sp³-hybridized carbons (Fsp3) is 0.625. The maximum atomic E-state index is 11.0. The summed E-state index contributed by atoms with van der Waals surface area (Å²) < 4.78 is 0. The van der Waals surface area contributed by atoms with Crippen LogP contribution in [0.5, 0.6) is 0 Å². The molecule has 0 spiro atoms. The predicted octanol–water partition coefficient (Wildman–Crippen LogP) is -1.76. The van der Waals surface area contributed by atoms with Crippen LogP contribution < -0.4 is 11.2 Å². The van der Waals surface area contributed by atoms with Gasteiger partial charge in [0.05, 0.1) is 12.8 Å². The summed E-state index contributed by atoms with van der Waals surface area (Å²) in [6.45, 7) is 0.185. The molecule has 9 nitrogen and oxygen atoms in total. The number of carbonyl (C=O) groups is 3. The van der Waals surface area contributed by atoms with E-state index in [-0.39, 0.29) is 13.1 Å². The summed E-state index contributed by atoms with van der Waals surface area (Å²) in [6, 6.07) is 0. The monoisotopic (exact) mass is 250 g/mol. The largest absolute Gasteiger partial charge is 0.481 e. The second-order valence-corrected chi connectivity index (χ2v) is 3.23. The van der Waals surface area contributed by atoms with Gasteiger partial charge in [0, 0.05) is 13.1 Å². The average Bonchev–Trinajstić information content (AvgIpc) is 2.15. The fourth-order valence-electron chi connectivity index (χ4n) is 1.07. The normalized spacial score (nSPS) is 11.1. The van der Waals surface area contributed by atoms with Crippen LogP contribution in [-0.2, 0) is 19.2 Å². The number of hydroxylamine groups is 1. The van der Waals surface area contributed by atoms with Crippen LogP contribution in [0.25, 0.3) is 0 Å². The third-order valence-corrected chi connectivity index (χ3v) is 1.78. The quantitative estimate of drug-likeness (QED) is 0.236. The van der Waals surface area contributed by atoms with Crippen molar-refractivity contribution >= 4 is 17.9 Å². The maximum absolute atomic E-state index is 11.0. The van der Waals surface area contributed by atoms with Crippen LogP contribution in [-0.4, -0.2) is 51.9 Å². The van der Waals surface area contributed by atoms with Crippen LogP contribution in [0.15, 0.2) is 0 Å². The van der Waals surface area contributed by atoms with E-state index < -0.39 is 36.4 Å². The number of hydrogen-bond donors (Lipinski definition) is 5. The van der Waals surface area contributed by atoms with Crippen LogP contribution in [0.4, 0.5) is 0 Å². The van der Waals surface area contributed by atoms with Crippen molar-refractivity contribution in [2.45, 2.75) is 18.4 Å². The van der Waals surface area contributed by atoms with Crippen molar-refractivity contribution in [3.8, 4) is 0 Å². The Balaban J connectivity index is 4.88. The standard InChI is InChI=1S/C8H14N2O7/c9-1-2-10-17-8(7(15)16,3-5(11)12)4-6(13)14/h10H,1-4,9H2,(H,11,12)(H,13,14)(H,15,16). The van der Waals surface area contributed by atoms with E-state index in [1.807, 2.05) is 0 Å². The van der Waals surface area contributed by atoms with E-state index in [4.69, 9.17) is 21.1 Å². The van der Waals surface area contributed by atoms with Gasteiger partial charge in [0.15, 0.2) is 0 Å². The van der Waals surface area contributed by atoms with Gasteiger partial charge >= 0.3 is 17.9 Å². The summed E-state index contributed by atoms with van der Waals surface area (Å²) in [6.07, 6.45) is -1.96. The highest BCUT2D eigenvalue weighted by atomic mass is 16.7. The Morgan fingerprint density at radius 2 is 1.59 bits per heavy atom. The van der Waals surface area contributed by atoms with Gasteiger partial charge in [-0.2, -0.15) is 5.48 Å². The highest BCUT2D eigenvalue weighted by Gasteiger charge is 2.45. The van der Waals surface area contributed by atoms with Gasteiger partial charge in [0.2, 0.25) is 5.60 Å². The lowest BCUT2D eigenvalue weighted by molar-refractivity contribution is -0.189. The molecule has 0 aromatic rings. The third kappa shape index (κ3) is 5.24. The molecular formula is C8H14N2O7. The van der Waals surface area contributed by atoms with Crippen LogP contribution in [0.2, 0.25) is 0 Å². The van der Waals surface area contributed by atoms with Crippen molar-refractivity contribution in [1.82, 2.24) is 5.48 Å². The van der Waals surface area contributed by atoms with E-state index in [1.165, 1.54) is 0 Å². The fourth-order valence-corrected chi connectivity index (χ4v) is 1.07. The number of carboxylic acids is 3. The predicted molar refractivity (Wildman–Crippen MR) is 53.0 cm³/mol. The topological polar surface area (TPSA) is 159 Å². The molecule has 0 amide bonds. The van der Waals surface area contributed by atoms with Gasteiger partial charge in [-0.25, -0.2) is 4.79 Å². The van der Waals surface area contributed by atoms with E-state index in [2.05, 4.69) is 10.3 Å². The molecule has 9 heteroatoms. The molecule has 0 unspecified atom stereocenters. The highest BCUT2D eigenvalue weighted by molar-refractivity contribution is 5.88. The molecule has 0 saturated carbocycles. The number of nitrogens with one attached hydrogen (secondary N) is 1. The molecule has 0 bridgehead atoms. The maximum Gasteiger partial charge on any atom is 0.339 e. The molecule has 6 N–H and O–H groups in total. The number of aliphatic carboxylic acids is 3. The zero-order valence-electron chi connectivity index (χ0n) is 8.88. The molecule has 17 heavy (non-hydrogen) atoms. The minimum Gasteiger partial charge on any atom is -0.481 e. The lowest BCUT2D eigenvalue weighted by atomic mass is 9.96. The molecule has 98 valence electrons. The van der Waals surface area contributed by atoms with Gasteiger partial charge in [0.1, 0.15) is 0 Å². The van der Waals surface area contributed by atoms with Gasteiger partial charge in [-0.3, -0.25) is 14.4 Å². The Morgan fingerprint density at radius 3 is 1.88 bits per heavy atom. The zero-order valence-corrected chi connectivity index (χ0v) is 8.88. The van der Waals surface area contributed by atoms with E-state index in [0.29, 0.717) is 0 Å². The Bertz CT molecular complexity index is 288.